The van der Waals surface area contributed by atoms with Gasteiger partial charge in [-0.25, -0.2) is 0 Å². The van der Waals surface area contributed by atoms with Crippen LogP contribution in [-0.4, -0.2) is 12.4 Å². The van der Waals surface area contributed by atoms with Crippen molar-refractivity contribution in [3.63, 3.8) is 0 Å². The summed E-state index contributed by atoms with van der Waals surface area (Å²) in [5.41, 5.74) is 1.87. The molecule has 106 valence electrons. The van der Waals surface area contributed by atoms with Crippen molar-refractivity contribution in [3.05, 3.63) is 65.9 Å². The monoisotopic (exact) mass is 280 g/mol. The number of fused-ring (bicyclic) bond motifs is 1. The number of hydrogen-bond donors (Lipinski definition) is 0. The Bertz CT molecular complexity index is 738. The lowest BCUT2D eigenvalue weighted by Crippen LogP contribution is -2.05. The summed E-state index contributed by atoms with van der Waals surface area (Å²) in [4.78, 5) is 12.1. The second kappa shape index (κ2) is 5.83. The number of benzene rings is 2. The topological polar surface area (TPSA) is 39.4 Å². The highest BCUT2D eigenvalue weighted by Crippen LogP contribution is 2.20. The third-order valence-corrected chi connectivity index (χ3v) is 3.29. The van der Waals surface area contributed by atoms with Crippen molar-refractivity contribution >= 4 is 16.8 Å². The van der Waals surface area contributed by atoms with Gasteiger partial charge in [0.1, 0.15) is 11.3 Å². The van der Waals surface area contributed by atoms with Gasteiger partial charge in [-0.2, -0.15) is 0 Å². The summed E-state index contributed by atoms with van der Waals surface area (Å²) in [6, 6.07) is 17.2. The zero-order valence-corrected chi connectivity index (χ0v) is 11.8. The van der Waals surface area contributed by atoms with Crippen LogP contribution in [0.1, 0.15) is 22.5 Å². The molecule has 0 amide bonds. The molecule has 0 atom stereocenters. The first-order valence-electron chi connectivity index (χ1n) is 6.93. The van der Waals surface area contributed by atoms with Crippen molar-refractivity contribution in [1.29, 1.82) is 0 Å². The molecule has 3 aromatic rings. The van der Waals surface area contributed by atoms with Crippen LogP contribution in [0.2, 0.25) is 0 Å². The number of furan rings is 1. The van der Waals surface area contributed by atoms with Crippen LogP contribution >= 0.6 is 0 Å². The van der Waals surface area contributed by atoms with Crippen molar-refractivity contribution in [2.24, 2.45) is 0 Å². The summed E-state index contributed by atoms with van der Waals surface area (Å²) in [6.45, 7) is 2.35. The van der Waals surface area contributed by atoms with Crippen LogP contribution in [0.5, 0.6) is 5.75 Å². The maximum atomic E-state index is 12.1. The zero-order valence-electron chi connectivity index (χ0n) is 11.8. The fourth-order valence-electron chi connectivity index (χ4n) is 2.21. The van der Waals surface area contributed by atoms with E-state index in [1.807, 2.05) is 55.5 Å². The number of hydrogen-bond acceptors (Lipinski definition) is 3. The van der Waals surface area contributed by atoms with Crippen molar-refractivity contribution in [2.75, 3.05) is 6.61 Å². The number of ether oxygens (including phenoxy) is 1. The van der Waals surface area contributed by atoms with E-state index in [0.717, 1.165) is 22.3 Å². The Labute approximate surface area is 123 Å². The summed E-state index contributed by atoms with van der Waals surface area (Å²) in [5.74, 6) is 1.13. The van der Waals surface area contributed by atoms with Gasteiger partial charge in [-0.3, -0.25) is 4.79 Å². The zero-order chi connectivity index (χ0) is 14.7. The van der Waals surface area contributed by atoms with E-state index in [4.69, 9.17) is 9.15 Å². The third kappa shape index (κ3) is 3.14. The predicted molar refractivity (Wildman–Crippen MR) is 81.8 cm³/mol. The first-order valence-corrected chi connectivity index (χ1v) is 6.93. The van der Waals surface area contributed by atoms with Crippen molar-refractivity contribution in [2.45, 2.75) is 13.3 Å². The molecular formula is C18H16O3. The Morgan fingerprint density at radius 1 is 1.10 bits per heavy atom. The van der Waals surface area contributed by atoms with Crippen LogP contribution in [0.25, 0.3) is 11.0 Å². The van der Waals surface area contributed by atoms with Gasteiger partial charge in [0, 0.05) is 11.8 Å². The fourth-order valence-corrected chi connectivity index (χ4v) is 2.21. The van der Waals surface area contributed by atoms with Crippen molar-refractivity contribution < 1.29 is 13.9 Å². The van der Waals surface area contributed by atoms with Crippen LogP contribution in [0.4, 0.5) is 0 Å². The van der Waals surface area contributed by atoms with Gasteiger partial charge in [0.2, 0.25) is 5.78 Å². The molecule has 2 aromatic carbocycles. The number of rotatable bonds is 5. The Balaban J connectivity index is 1.61. The summed E-state index contributed by atoms with van der Waals surface area (Å²) in [6.07, 6.45) is 0.299. The Hall–Kier alpha value is -2.55. The number of carbonyl (C=O) groups excluding carboxylic acids is 1. The van der Waals surface area contributed by atoms with E-state index < -0.39 is 0 Å². The average molecular weight is 280 g/mol. The van der Waals surface area contributed by atoms with Crippen LogP contribution in [-0.2, 0) is 0 Å². The molecule has 0 saturated carbocycles. The van der Waals surface area contributed by atoms with Gasteiger partial charge in [-0.1, -0.05) is 30.3 Å². The lowest BCUT2D eigenvalue weighted by molar-refractivity contribution is 0.0937. The van der Waals surface area contributed by atoms with Gasteiger partial charge in [0.15, 0.2) is 5.76 Å². The highest BCUT2D eigenvalue weighted by Gasteiger charge is 2.12. The lowest BCUT2D eigenvalue weighted by Gasteiger charge is -2.05. The normalized spacial score (nSPS) is 10.7. The molecular weight excluding hydrogens is 264 g/mol. The highest BCUT2D eigenvalue weighted by atomic mass is 16.5. The van der Waals surface area contributed by atoms with E-state index in [0.29, 0.717) is 18.8 Å². The van der Waals surface area contributed by atoms with Gasteiger partial charge >= 0.3 is 0 Å². The Kier molecular flexibility index (Phi) is 3.73. The first kappa shape index (κ1) is 13.4. The molecule has 0 N–H and O–H groups in total. The summed E-state index contributed by atoms with van der Waals surface area (Å²) in [5, 5.41) is 0.945. The van der Waals surface area contributed by atoms with E-state index in [1.54, 1.807) is 6.07 Å². The fraction of sp³-hybridized carbons (Fsp3) is 0.167. The molecule has 0 fully saturated rings. The van der Waals surface area contributed by atoms with Crippen LogP contribution in [0.3, 0.4) is 0 Å². The molecule has 3 heteroatoms. The number of ketones is 1. The molecule has 21 heavy (non-hydrogen) atoms. The molecule has 0 radical (unpaired) electrons. The summed E-state index contributed by atoms with van der Waals surface area (Å²) >= 11 is 0. The SMILES string of the molecule is Cc1cccc(OCCC(=O)c2cc3ccccc3o2)c1. The maximum Gasteiger partial charge on any atom is 0.201 e. The largest absolute Gasteiger partial charge is 0.493 e. The lowest BCUT2D eigenvalue weighted by atomic mass is 10.2. The van der Waals surface area contributed by atoms with Crippen molar-refractivity contribution in [1.82, 2.24) is 0 Å². The van der Waals surface area contributed by atoms with Gasteiger partial charge < -0.3 is 9.15 Å². The molecule has 3 rings (SSSR count). The van der Waals surface area contributed by atoms with Crippen LogP contribution in [0, 0.1) is 6.92 Å². The van der Waals surface area contributed by atoms with E-state index >= 15 is 0 Å². The molecule has 0 saturated heterocycles. The summed E-state index contributed by atoms with van der Waals surface area (Å²) < 4.78 is 11.1. The number of aryl methyl sites for hydroxylation is 1. The summed E-state index contributed by atoms with van der Waals surface area (Å²) in [7, 11) is 0. The average Bonchev–Trinajstić information content (AvgIpc) is 2.91. The smallest absolute Gasteiger partial charge is 0.201 e. The van der Waals surface area contributed by atoms with Gasteiger partial charge in [0.05, 0.1) is 6.61 Å². The first-order chi connectivity index (χ1) is 10.2. The molecule has 0 spiro atoms. The van der Waals surface area contributed by atoms with E-state index in [1.165, 1.54) is 0 Å². The minimum Gasteiger partial charge on any atom is -0.493 e. The predicted octanol–water partition coefficient (Wildman–Crippen LogP) is 4.39. The Morgan fingerprint density at radius 3 is 2.76 bits per heavy atom. The number of Topliss-reactive ketones (excluding diaryl/α,β-unsaturated/α-hetero) is 1. The molecule has 3 nitrogen and oxygen atoms in total. The number of carbonyl (C=O) groups is 1. The van der Waals surface area contributed by atoms with Gasteiger partial charge in [-0.05, 0) is 36.8 Å². The van der Waals surface area contributed by atoms with Gasteiger partial charge in [-0.15, -0.1) is 0 Å². The third-order valence-electron chi connectivity index (χ3n) is 3.29. The molecule has 0 aliphatic carbocycles. The minimum atomic E-state index is -0.0427. The molecule has 0 unspecified atom stereocenters. The number of para-hydroxylation sites is 1. The molecule has 0 aliphatic heterocycles. The Morgan fingerprint density at radius 2 is 1.95 bits per heavy atom. The highest BCUT2D eigenvalue weighted by molar-refractivity contribution is 5.97. The molecule has 0 aliphatic rings. The van der Waals surface area contributed by atoms with Crippen LogP contribution in [0.15, 0.2) is 59.0 Å². The minimum absolute atomic E-state index is 0.0427. The van der Waals surface area contributed by atoms with Crippen LogP contribution < -0.4 is 4.74 Å². The maximum absolute atomic E-state index is 12.1. The molecule has 0 bridgehead atoms. The van der Waals surface area contributed by atoms with Crippen molar-refractivity contribution in [3.8, 4) is 5.75 Å². The molecule has 1 aromatic heterocycles. The quantitative estimate of drug-likeness (QED) is 0.650. The van der Waals surface area contributed by atoms with E-state index in [-0.39, 0.29) is 5.78 Å². The van der Waals surface area contributed by atoms with E-state index in [9.17, 15) is 4.79 Å². The second-order valence-electron chi connectivity index (χ2n) is 4.99. The van der Waals surface area contributed by atoms with Gasteiger partial charge in [0.25, 0.3) is 0 Å². The second-order valence-corrected chi connectivity index (χ2v) is 4.99. The standard InChI is InChI=1S/C18H16O3/c1-13-5-4-7-15(11-13)20-10-9-16(19)18-12-14-6-2-3-8-17(14)21-18/h2-8,11-12H,9-10H2,1H3. The van der Waals surface area contributed by atoms with E-state index in [2.05, 4.69) is 0 Å². The molecule has 1 heterocycles.